The average Bonchev–Trinajstić information content (AvgIpc) is 3.44. The largest absolute Gasteiger partial charge is 0.351 e. The van der Waals surface area contributed by atoms with E-state index in [0.29, 0.717) is 16.5 Å². The lowest BCUT2D eigenvalue weighted by atomic mass is 10.0. The molecule has 0 bridgehead atoms. The van der Waals surface area contributed by atoms with E-state index in [-0.39, 0.29) is 23.8 Å². The molecule has 1 aliphatic heterocycles. The van der Waals surface area contributed by atoms with Gasteiger partial charge in [-0.2, -0.15) is 0 Å². The molecule has 0 radical (unpaired) electrons. The lowest BCUT2D eigenvalue weighted by Gasteiger charge is -2.29. The first-order chi connectivity index (χ1) is 16.5. The number of benzene rings is 2. The molecular formula is C26H22FN5OS. The van der Waals surface area contributed by atoms with Crippen LogP contribution in [0, 0.1) is 5.82 Å². The Morgan fingerprint density at radius 3 is 2.50 bits per heavy atom. The molecule has 0 spiro atoms. The molecule has 2 aromatic carbocycles. The molecule has 1 amide bonds. The summed E-state index contributed by atoms with van der Waals surface area (Å²) in [7, 11) is 0. The minimum Gasteiger partial charge on any atom is -0.351 e. The van der Waals surface area contributed by atoms with Crippen LogP contribution >= 0.6 is 12.2 Å². The van der Waals surface area contributed by atoms with Crippen molar-refractivity contribution in [2.45, 2.75) is 19.0 Å². The van der Waals surface area contributed by atoms with Crippen LogP contribution in [-0.4, -0.2) is 20.6 Å². The fourth-order valence-electron chi connectivity index (χ4n) is 4.34. The Hall–Kier alpha value is -4.04. The number of aromatic nitrogens is 2. The number of pyridine rings is 1. The minimum atomic E-state index is -0.311. The van der Waals surface area contributed by atoms with Crippen molar-refractivity contribution in [3.05, 3.63) is 108 Å². The standard InChI is InChI=1S/C26H22FN5OS/c1-17(33)29-18-11-13-19(14-12-18)32-25(24(30-26(32)34)21-8-4-5-15-28-21)23-10-6-16-31(23)22-9-3-2-7-20(22)27/h2-16,24-25H,1H3,(H,29,33)(H,30,34)/t24-,25-/m1/s1. The Morgan fingerprint density at radius 1 is 1.03 bits per heavy atom. The van der Waals surface area contributed by atoms with Crippen LogP contribution in [0.15, 0.2) is 91.3 Å². The first-order valence-electron chi connectivity index (χ1n) is 10.8. The van der Waals surface area contributed by atoms with E-state index < -0.39 is 0 Å². The van der Waals surface area contributed by atoms with Gasteiger partial charge in [-0.25, -0.2) is 4.39 Å². The highest BCUT2D eigenvalue weighted by atomic mass is 32.1. The minimum absolute atomic E-state index is 0.137. The van der Waals surface area contributed by atoms with E-state index in [1.54, 1.807) is 18.3 Å². The van der Waals surface area contributed by atoms with Gasteiger partial charge in [-0.05, 0) is 72.9 Å². The number of amides is 1. The molecule has 8 heteroatoms. The summed E-state index contributed by atoms with van der Waals surface area (Å²) in [4.78, 5) is 18.0. The number of nitrogens with zero attached hydrogens (tertiary/aromatic N) is 3. The van der Waals surface area contributed by atoms with E-state index in [1.807, 2.05) is 76.3 Å². The first kappa shape index (κ1) is 21.8. The van der Waals surface area contributed by atoms with Crippen molar-refractivity contribution < 1.29 is 9.18 Å². The number of hydrogen-bond acceptors (Lipinski definition) is 3. The molecule has 1 fully saturated rings. The number of carbonyl (C=O) groups excluding carboxylic acids is 1. The maximum Gasteiger partial charge on any atom is 0.221 e. The van der Waals surface area contributed by atoms with Crippen molar-refractivity contribution >= 4 is 34.6 Å². The van der Waals surface area contributed by atoms with Gasteiger partial charge in [-0.3, -0.25) is 9.78 Å². The normalized spacial score (nSPS) is 17.5. The van der Waals surface area contributed by atoms with Gasteiger partial charge in [-0.15, -0.1) is 0 Å². The molecule has 0 aliphatic carbocycles. The molecule has 1 aliphatic rings. The number of hydrogen-bond donors (Lipinski definition) is 2. The van der Waals surface area contributed by atoms with Crippen LogP contribution in [0.4, 0.5) is 15.8 Å². The average molecular weight is 472 g/mol. The fraction of sp³-hybridized carbons (Fsp3) is 0.115. The van der Waals surface area contributed by atoms with Gasteiger partial charge in [0.2, 0.25) is 5.91 Å². The second-order valence-electron chi connectivity index (χ2n) is 7.98. The van der Waals surface area contributed by atoms with Crippen molar-refractivity contribution in [2.24, 2.45) is 0 Å². The molecular weight excluding hydrogens is 449 g/mol. The Morgan fingerprint density at radius 2 is 1.79 bits per heavy atom. The molecule has 2 atom stereocenters. The topological polar surface area (TPSA) is 62.2 Å². The summed E-state index contributed by atoms with van der Waals surface area (Å²) in [5, 5.41) is 6.73. The van der Waals surface area contributed by atoms with Gasteiger partial charge in [0.1, 0.15) is 11.9 Å². The third-order valence-corrected chi connectivity index (χ3v) is 6.07. The molecule has 4 aromatic rings. The number of nitrogens with one attached hydrogen (secondary N) is 2. The van der Waals surface area contributed by atoms with Gasteiger partial charge < -0.3 is 20.1 Å². The van der Waals surface area contributed by atoms with Crippen molar-refractivity contribution in [2.75, 3.05) is 10.2 Å². The lowest BCUT2D eigenvalue weighted by molar-refractivity contribution is -0.114. The van der Waals surface area contributed by atoms with Gasteiger partial charge in [0.15, 0.2) is 5.11 Å². The van der Waals surface area contributed by atoms with Crippen LogP contribution in [0.5, 0.6) is 0 Å². The number of thiocarbonyl (C=S) groups is 1. The van der Waals surface area contributed by atoms with Gasteiger partial charge in [0.25, 0.3) is 0 Å². The lowest BCUT2D eigenvalue weighted by Crippen LogP contribution is -2.30. The van der Waals surface area contributed by atoms with E-state index >= 15 is 0 Å². The summed E-state index contributed by atoms with van der Waals surface area (Å²) in [5.74, 6) is -0.448. The van der Waals surface area contributed by atoms with E-state index in [4.69, 9.17) is 12.2 Å². The molecule has 0 saturated carbocycles. The zero-order valence-electron chi connectivity index (χ0n) is 18.4. The first-order valence-corrected chi connectivity index (χ1v) is 11.2. The summed E-state index contributed by atoms with van der Waals surface area (Å²) < 4.78 is 16.6. The smallest absolute Gasteiger partial charge is 0.221 e. The van der Waals surface area contributed by atoms with Crippen molar-refractivity contribution in [3.63, 3.8) is 0 Å². The Kier molecular flexibility index (Phi) is 5.81. The number of para-hydroxylation sites is 1. The zero-order chi connectivity index (χ0) is 23.7. The highest BCUT2D eigenvalue weighted by Gasteiger charge is 2.42. The Bertz CT molecular complexity index is 1340. The zero-order valence-corrected chi connectivity index (χ0v) is 19.2. The van der Waals surface area contributed by atoms with Gasteiger partial charge >= 0.3 is 0 Å². The third kappa shape index (κ3) is 4.04. The summed E-state index contributed by atoms with van der Waals surface area (Å²) in [6.07, 6.45) is 3.60. The third-order valence-electron chi connectivity index (χ3n) is 5.76. The number of rotatable bonds is 5. The van der Waals surface area contributed by atoms with Crippen LogP contribution in [-0.2, 0) is 4.79 Å². The summed E-state index contributed by atoms with van der Waals surface area (Å²) >= 11 is 5.77. The number of carbonyl (C=O) groups is 1. The quantitative estimate of drug-likeness (QED) is 0.395. The van der Waals surface area contributed by atoms with E-state index in [1.165, 1.54) is 13.0 Å². The van der Waals surface area contributed by atoms with E-state index in [9.17, 15) is 9.18 Å². The molecule has 0 unspecified atom stereocenters. The SMILES string of the molecule is CC(=O)Nc1ccc(N2C(=S)N[C@H](c3ccccn3)[C@H]2c2cccn2-c2ccccc2F)cc1. The molecule has 34 heavy (non-hydrogen) atoms. The molecule has 170 valence electrons. The summed E-state index contributed by atoms with van der Waals surface area (Å²) in [5.41, 5.74) is 3.69. The molecule has 2 aromatic heterocycles. The second kappa shape index (κ2) is 9.07. The monoisotopic (exact) mass is 471 g/mol. The van der Waals surface area contributed by atoms with Crippen LogP contribution in [0.1, 0.15) is 30.4 Å². The Balaban J connectivity index is 1.63. The number of anilines is 2. The second-order valence-corrected chi connectivity index (χ2v) is 8.37. The molecule has 6 nitrogen and oxygen atoms in total. The van der Waals surface area contributed by atoms with Gasteiger partial charge in [0, 0.05) is 36.4 Å². The van der Waals surface area contributed by atoms with Crippen molar-refractivity contribution in [1.82, 2.24) is 14.9 Å². The maximum absolute atomic E-state index is 14.8. The predicted octanol–water partition coefficient (Wildman–Crippen LogP) is 5.15. The molecule has 3 heterocycles. The van der Waals surface area contributed by atoms with Crippen LogP contribution in [0.3, 0.4) is 0 Å². The highest BCUT2D eigenvalue weighted by Crippen LogP contribution is 2.42. The number of halogens is 1. The van der Waals surface area contributed by atoms with Crippen LogP contribution < -0.4 is 15.5 Å². The molecule has 1 saturated heterocycles. The predicted molar refractivity (Wildman–Crippen MR) is 134 cm³/mol. The Labute approximate surface area is 202 Å². The van der Waals surface area contributed by atoms with Gasteiger partial charge in [0.05, 0.1) is 17.4 Å². The fourth-order valence-corrected chi connectivity index (χ4v) is 4.69. The van der Waals surface area contributed by atoms with E-state index in [2.05, 4.69) is 15.6 Å². The summed E-state index contributed by atoms with van der Waals surface area (Å²) in [6, 6.07) is 23.2. The van der Waals surface area contributed by atoms with Crippen LogP contribution in [0.2, 0.25) is 0 Å². The highest BCUT2D eigenvalue weighted by molar-refractivity contribution is 7.80. The van der Waals surface area contributed by atoms with Crippen molar-refractivity contribution in [1.29, 1.82) is 0 Å². The van der Waals surface area contributed by atoms with Crippen molar-refractivity contribution in [3.8, 4) is 5.69 Å². The maximum atomic E-state index is 14.8. The van der Waals surface area contributed by atoms with Gasteiger partial charge in [-0.1, -0.05) is 18.2 Å². The van der Waals surface area contributed by atoms with Crippen LogP contribution in [0.25, 0.3) is 5.69 Å². The summed E-state index contributed by atoms with van der Waals surface area (Å²) in [6.45, 7) is 1.47. The molecule has 2 N–H and O–H groups in total. The molecule has 5 rings (SSSR count). The van der Waals surface area contributed by atoms with E-state index in [0.717, 1.165) is 17.1 Å².